The smallest absolute Gasteiger partial charge is 0.386 e. The van der Waals surface area contributed by atoms with Crippen molar-refractivity contribution >= 4 is 34.3 Å². The monoisotopic (exact) mass is 590 g/mol. The normalized spacial score (nSPS) is 13.7. The van der Waals surface area contributed by atoms with Gasteiger partial charge in [0.15, 0.2) is 0 Å². The molecular formula is C28H33F3N6O5. The Balaban J connectivity index is 1.87. The highest BCUT2D eigenvalue weighted by molar-refractivity contribution is 5.99. The molecule has 226 valence electrons. The standard InChI is InChI=1S/C28H33F3N6O5/c1-16(14-22(38)37(12-10-32)13-11-33)25(40)36-23(24(39)17-6-8-19(9-7-17)28(29,30)31)27(42)35-21-15-18-4-2-3-5-20(18)34-26(21)41/h2-9,15-16,23-24,39H,10-14,32-33H2,1H3,(H,34,41)(H,35,42)(H,36,40). The second-order valence-electron chi connectivity index (χ2n) is 9.70. The molecule has 3 amide bonds. The van der Waals surface area contributed by atoms with E-state index in [1.807, 2.05) is 0 Å². The van der Waals surface area contributed by atoms with Crippen molar-refractivity contribution in [2.75, 3.05) is 31.5 Å². The number of rotatable bonds is 12. The van der Waals surface area contributed by atoms with Gasteiger partial charge in [-0.3, -0.25) is 19.2 Å². The molecule has 1 heterocycles. The lowest BCUT2D eigenvalue weighted by atomic mass is 9.98. The van der Waals surface area contributed by atoms with Crippen LogP contribution in [0.15, 0.2) is 59.4 Å². The zero-order valence-corrected chi connectivity index (χ0v) is 22.8. The van der Waals surface area contributed by atoms with Crippen LogP contribution in [-0.4, -0.2) is 64.9 Å². The van der Waals surface area contributed by atoms with Gasteiger partial charge in [0, 0.05) is 49.4 Å². The number of anilines is 1. The van der Waals surface area contributed by atoms with Crippen molar-refractivity contribution in [1.82, 2.24) is 15.2 Å². The Morgan fingerprint density at radius 1 is 1.00 bits per heavy atom. The lowest BCUT2D eigenvalue weighted by molar-refractivity contribution is -0.138. The number of nitrogens with zero attached hydrogens (tertiary/aromatic N) is 1. The second kappa shape index (κ2) is 14.1. The van der Waals surface area contributed by atoms with Crippen LogP contribution in [0.1, 0.15) is 30.6 Å². The predicted octanol–water partition coefficient (Wildman–Crippen LogP) is 1.48. The number of aliphatic hydroxyl groups is 1. The van der Waals surface area contributed by atoms with Gasteiger partial charge < -0.3 is 37.1 Å². The van der Waals surface area contributed by atoms with Gasteiger partial charge in [0.1, 0.15) is 17.8 Å². The van der Waals surface area contributed by atoms with Gasteiger partial charge >= 0.3 is 6.18 Å². The van der Waals surface area contributed by atoms with Crippen molar-refractivity contribution in [2.45, 2.75) is 31.7 Å². The van der Waals surface area contributed by atoms with E-state index in [1.54, 1.807) is 24.3 Å². The molecule has 14 heteroatoms. The molecule has 2 aromatic carbocycles. The molecule has 3 unspecified atom stereocenters. The molecule has 0 radical (unpaired) electrons. The van der Waals surface area contributed by atoms with Crippen LogP contribution in [0.5, 0.6) is 0 Å². The third-order valence-electron chi connectivity index (χ3n) is 6.57. The zero-order chi connectivity index (χ0) is 31.0. The number of amides is 3. The van der Waals surface area contributed by atoms with Gasteiger partial charge in [-0.25, -0.2) is 0 Å². The first kappa shape index (κ1) is 32.2. The number of H-pyrrole nitrogens is 1. The Hall–Kier alpha value is -4.27. The minimum Gasteiger partial charge on any atom is -0.386 e. The number of halogens is 3. The van der Waals surface area contributed by atoms with E-state index in [0.717, 1.165) is 24.3 Å². The van der Waals surface area contributed by atoms with Crippen LogP contribution in [-0.2, 0) is 20.6 Å². The van der Waals surface area contributed by atoms with Crippen LogP contribution >= 0.6 is 0 Å². The third-order valence-corrected chi connectivity index (χ3v) is 6.57. The van der Waals surface area contributed by atoms with Crippen molar-refractivity contribution < 1.29 is 32.7 Å². The molecule has 0 aliphatic carbocycles. The number of para-hydroxylation sites is 1. The maximum absolute atomic E-state index is 13.4. The summed E-state index contributed by atoms with van der Waals surface area (Å²) in [6.45, 7) is 2.25. The molecular weight excluding hydrogens is 557 g/mol. The summed E-state index contributed by atoms with van der Waals surface area (Å²) in [5.41, 5.74) is 9.67. The van der Waals surface area contributed by atoms with Gasteiger partial charge in [-0.2, -0.15) is 13.2 Å². The van der Waals surface area contributed by atoms with Crippen LogP contribution in [0.25, 0.3) is 10.9 Å². The average Bonchev–Trinajstić information content (AvgIpc) is 2.95. The first-order valence-electron chi connectivity index (χ1n) is 13.1. The number of aromatic amines is 1. The molecule has 3 aromatic rings. The number of aliphatic hydroxyl groups excluding tert-OH is 1. The number of hydrogen-bond acceptors (Lipinski definition) is 7. The number of nitrogens with two attached hydrogens (primary N) is 2. The van der Waals surface area contributed by atoms with Crippen LogP contribution < -0.4 is 27.7 Å². The minimum absolute atomic E-state index is 0.100. The van der Waals surface area contributed by atoms with Gasteiger partial charge in [-0.1, -0.05) is 37.3 Å². The molecule has 11 nitrogen and oxygen atoms in total. The van der Waals surface area contributed by atoms with E-state index in [4.69, 9.17) is 11.5 Å². The number of pyridine rings is 1. The number of alkyl halides is 3. The van der Waals surface area contributed by atoms with Crippen molar-refractivity contribution in [1.29, 1.82) is 0 Å². The van der Waals surface area contributed by atoms with Gasteiger partial charge in [0.05, 0.1) is 5.56 Å². The fourth-order valence-corrected chi connectivity index (χ4v) is 4.25. The van der Waals surface area contributed by atoms with Crippen molar-refractivity contribution in [3.63, 3.8) is 0 Å². The third kappa shape index (κ3) is 8.15. The molecule has 0 saturated heterocycles. The molecule has 0 aliphatic heterocycles. The van der Waals surface area contributed by atoms with Gasteiger partial charge in [-0.05, 0) is 29.8 Å². The van der Waals surface area contributed by atoms with E-state index in [9.17, 15) is 37.5 Å². The molecule has 3 rings (SSSR count). The van der Waals surface area contributed by atoms with E-state index < -0.39 is 53.1 Å². The first-order valence-corrected chi connectivity index (χ1v) is 13.1. The van der Waals surface area contributed by atoms with Crippen LogP contribution in [0, 0.1) is 5.92 Å². The highest BCUT2D eigenvalue weighted by Crippen LogP contribution is 2.30. The molecule has 8 N–H and O–H groups in total. The highest BCUT2D eigenvalue weighted by atomic mass is 19.4. The van der Waals surface area contributed by atoms with E-state index in [0.29, 0.717) is 10.9 Å². The average molecular weight is 591 g/mol. The minimum atomic E-state index is -4.63. The van der Waals surface area contributed by atoms with E-state index >= 15 is 0 Å². The lowest BCUT2D eigenvalue weighted by Crippen LogP contribution is -2.50. The number of carbonyl (C=O) groups is 3. The highest BCUT2D eigenvalue weighted by Gasteiger charge is 2.34. The molecule has 42 heavy (non-hydrogen) atoms. The fourth-order valence-electron chi connectivity index (χ4n) is 4.25. The molecule has 1 aromatic heterocycles. The summed E-state index contributed by atoms with van der Waals surface area (Å²) in [6, 6.07) is 9.85. The van der Waals surface area contributed by atoms with Crippen LogP contribution in [0.3, 0.4) is 0 Å². The summed E-state index contributed by atoms with van der Waals surface area (Å²) in [4.78, 5) is 55.8. The quantitative estimate of drug-likeness (QED) is 0.185. The number of carbonyl (C=O) groups excluding carboxylic acids is 3. The summed E-state index contributed by atoms with van der Waals surface area (Å²) in [7, 11) is 0. The number of hydrogen-bond donors (Lipinski definition) is 6. The van der Waals surface area contributed by atoms with E-state index in [-0.39, 0.29) is 43.9 Å². The number of aromatic nitrogens is 1. The Morgan fingerprint density at radius 3 is 2.21 bits per heavy atom. The summed E-state index contributed by atoms with van der Waals surface area (Å²) < 4.78 is 39.2. The zero-order valence-electron chi connectivity index (χ0n) is 22.8. The topological polar surface area (TPSA) is 184 Å². The predicted molar refractivity (Wildman–Crippen MR) is 150 cm³/mol. The maximum Gasteiger partial charge on any atom is 0.416 e. The van der Waals surface area contributed by atoms with Crippen molar-refractivity contribution in [2.24, 2.45) is 17.4 Å². The number of benzene rings is 2. The fraction of sp³-hybridized carbons (Fsp3) is 0.357. The SMILES string of the molecule is CC(CC(=O)N(CCN)CCN)C(=O)NC(C(=O)Nc1cc2ccccc2[nH]c1=O)C(O)c1ccc(C(F)(F)F)cc1. The van der Waals surface area contributed by atoms with Crippen molar-refractivity contribution in [3.8, 4) is 0 Å². The first-order chi connectivity index (χ1) is 19.8. The van der Waals surface area contributed by atoms with Crippen molar-refractivity contribution in [3.05, 3.63) is 76.1 Å². The summed E-state index contributed by atoms with van der Waals surface area (Å²) in [5, 5.41) is 16.4. The number of nitrogens with one attached hydrogen (secondary N) is 3. The largest absolute Gasteiger partial charge is 0.416 e. The van der Waals surface area contributed by atoms with E-state index in [2.05, 4.69) is 15.6 Å². The molecule has 3 atom stereocenters. The maximum atomic E-state index is 13.4. The molecule has 0 aliphatic rings. The van der Waals surface area contributed by atoms with E-state index in [1.165, 1.54) is 17.9 Å². The molecule has 0 spiro atoms. The van der Waals surface area contributed by atoms with Gasteiger partial charge in [0.25, 0.3) is 5.56 Å². The summed E-state index contributed by atoms with van der Waals surface area (Å²) >= 11 is 0. The Bertz CT molecular complexity index is 1450. The Morgan fingerprint density at radius 2 is 1.62 bits per heavy atom. The number of fused-ring (bicyclic) bond motifs is 1. The van der Waals surface area contributed by atoms with Gasteiger partial charge in [0.2, 0.25) is 17.7 Å². The van der Waals surface area contributed by atoms with Crippen LogP contribution in [0.2, 0.25) is 0 Å². The van der Waals surface area contributed by atoms with Gasteiger partial charge in [-0.15, -0.1) is 0 Å². The second-order valence-corrected chi connectivity index (χ2v) is 9.70. The molecule has 0 fully saturated rings. The molecule has 0 bridgehead atoms. The summed E-state index contributed by atoms with van der Waals surface area (Å²) in [6.07, 6.45) is -6.71. The Kier molecular flexibility index (Phi) is 10.8. The van der Waals surface area contributed by atoms with Crippen LogP contribution in [0.4, 0.5) is 18.9 Å². The lowest BCUT2D eigenvalue weighted by Gasteiger charge is -2.26. The molecule has 0 saturated carbocycles. The Labute approximate surface area is 239 Å². The summed E-state index contributed by atoms with van der Waals surface area (Å²) in [5.74, 6) is -3.18.